The summed E-state index contributed by atoms with van der Waals surface area (Å²) in [5, 5.41) is 25.1. The number of ether oxygens (including phenoxy) is 2. The predicted octanol–water partition coefficient (Wildman–Crippen LogP) is 3.41. The number of rotatable bonds is 6. The third kappa shape index (κ3) is 4.52. The summed E-state index contributed by atoms with van der Waals surface area (Å²) in [6.07, 6.45) is 5.41. The fourth-order valence-corrected chi connectivity index (χ4v) is 4.13. The Bertz CT molecular complexity index is 1180. The zero-order valence-electron chi connectivity index (χ0n) is 18.9. The van der Waals surface area contributed by atoms with Gasteiger partial charge in [-0.2, -0.15) is 0 Å². The van der Waals surface area contributed by atoms with Gasteiger partial charge in [-0.25, -0.2) is 9.59 Å². The van der Waals surface area contributed by atoms with Crippen molar-refractivity contribution in [3.8, 4) is 11.5 Å². The molecule has 2 aliphatic heterocycles. The second-order valence-electron chi connectivity index (χ2n) is 8.99. The molecule has 10 heteroatoms. The van der Waals surface area contributed by atoms with E-state index in [0.29, 0.717) is 53.7 Å². The zero-order valence-corrected chi connectivity index (χ0v) is 18.9. The molecule has 8 N–H and O–H groups in total. The molecule has 180 valence electrons. The van der Waals surface area contributed by atoms with Gasteiger partial charge in [0.05, 0.1) is 34.6 Å². The first kappa shape index (κ1) is 23.1. The van der Waals surface area contributed by atoms with E-state index in [4.69, 9.17) is 26.0 Å². The van der Waals surface area contributed by atoms with Gasteiger partial charge >= 0.3 is 11.9 Å². The van der Waals surface area contributed by atoms with Gasteiger partial charge in [-0.05, 0) is 51.0 Å². The zero-order chi connectivity index (χ0) is 24.6. The molecule has 0 spiro atoms. The Morgan fingerprint density at radius 3 is 2.15 bits per heavy atom. The molecule has 2 atom stereocenters. The number of nitrogen functional groups attached to an aromatic ring is 2. The van der Waals surface area contributed by atoms with Gasteiger partial charge in [0, 0.05) is 0 Å². The first-order valence-corrected chi connectivity index (χ1v) is 10.9. The van der Waals surface area contributed by atoms with Crippen molar-refractivity contribution in [2.24, 2.45) is 0 Å². The minimum atomic E-state index is -1.06. The molecule has 0 saturated heterocycles. The van der Waals surface area contributed by atoms with Crippen LogP contribution in [0.5, 0.6) is 11.5 Å². The second kappa shape index (κ2) is 8.69. The molecule has 0 aromatic heterocycles. The Morgan fingerprint density at radius 2 is 1.53 bits per heavy atom. The van der Waals surface area contributed by atoms with Crippen molar-refractivity contribution >= 4 is 34.7 Å². The molecule has 2 heterocycles. The van der Waals surface area contributed by atoms with E-state index in [1.54, 1.807) is 0 Å². The van der Waals surface area contributed by atoms with E-state index in [2.05, 4.69) is 10.6 Å². The van der Waals surface area contributed by atoms with Crippen LogP contribution in [0.4, 0.5) is 22.7 Å². The van der Waals surface area contributed by atoms with Gasteiger partial charge < -0.3 is 41.8 Å². The normalized spacial score (nSPS) is 20.2. The van der Waals surface area contributed by atoms with E-state index in [1.165, 1.54) is 24.3 Å². The van der Waals surface area contributed by atoms with Crippen molar-refractivity contribution in [3.05, 3.63) is 47.5 Å². The lowest BCUT2D eigenvalue weighted by atomic mass is 9.92. The summed E-state index contributed by atoms with van der Waals surface area (Å²) in [6, 6.07) is 5.67. The molecule has 0 saturated carbocycles. The summed E-state index contributed by atoms with van der Waals surface area (Å²) in [4.78, 5) is 22.5. The van der Waals surface area contributed by atoms with Crippen LogP contribution in [0.15, 0.2) is 36.4 Å². The highest BCUT2D eigenvalue weighted by Gasteiger charge is 2.37. The van der Waals surface area contributed by atoms with Crippen LogP contribution >= 0.6 is 0 Å². The Morgan fingerprint density at radius 1 is 0.971 bits per heavy atom. The third-order valence-electron chi connectivity index (χ3n) is 6.04. The number of hydrogen-bond donors (Lipinski definition) is 6. The predicted molar refractivity (Wildman–Crippen MR) is 129 cm³/mol. The number of carboxylic acid groups (broad SMARTS) is 2. The molecule has 0 fully saturated rings. The smallest absolute Gasteiger partial charge is 0.335 e. The molecule has 4 rings (SSSR count). The highest BCUT2D eigenvalue weighted by Crippen LogP contribution is 2.42. The van der Waals surface area contributed by atoms with Crippen LogP contribution in [0.25, 0.3) is 0 Å². The monoisotopic (exact) mass is 468 g/mol. The van der Waals surface area contributed by atoms with Crippen LogP contribution in [0.2, 0.25) is 0 Å². The number of nitrogens with one attached hydrogen (secondary N) is 2. The van der Waals surface area contributed by atoms with E-state index in [0.717, 1.165) is 0 Å². The maximum absolute atomic E-state index is 11.3. The van der Waals surface area contributed by atoms with Gasteiger partial charge in [-0.15, -0.1) is 0 Å². The summed E-state index contributed by atoms with van der Waals surface area (Å²) in [5.74, 6) is -1.26. The van der Waals surface area contributed by atoms with E-state index >= 15 is 0 Å². The molecular weight excluding hydrogens is 440 g/mol. The van der Waals surface area contributed by atoms with Crippen LogP contribution in [0.1, 0.15) is 47.4 Å². The number of carboxylic acids is 2. The minimum Gasteiger partial charge on any atom is -0.489 e. The first-order chi connectivity index (χ1) is 16.0. The van der Waals surface area contributed by atoms with Gasteiger partial charge in [0.25, 0.3) is 0 Å². The van der Waals surface area contributed by atoms with Crippen LogP contribution in [-0.4, -0.2) is 46.4 Å². The number of anilines is 4. The average Bonchev–Trinajstić information content (AvgIpc) is 2.76. The van der Waals surface area contributed by atoms with E-state index in [1.807, 2.05) is 26.0 Å². The first-order valence-electron chi connectivity index (χ1n) is 10.9. The topological polar surface area (TPSA) is 169 Å². The van der Waals surface area contributed by atoms with Gasteiger partial charge in [-0.3, -0.25) is 0 Å². The number of nitrogens with two attached hydrogens (primary N) is 2. The molecule has 2 aromatic carbocycles. The van der Waals surface area contributed by atoms with Crippen molar-refractivity contribution in [3.63, 3.8) is 0 Å². The Balaban J connectivity index is 1.39. The molecule has 0 unspecified atom stereocenters. The quantitative estimate of drug-likeness (QED) is 0.273. The van der Waals surface area contributed by atoms with Crippen LogP contribution in [0.3, 0.4) is 0 Å². The number of aromatic carboxylic acids is 2. The number of benzene rings is 2. The number of hydrogen-bond acceptors (Lipinski definition) is 8. The van der Waals surface area contributed by atoms with Crippen molar-refractivity contribution in [2.45, 2.75) is 44.4 Å². The molecule has 0 bridgehead atoms. The largest absolute Gasteiger partial charge is 0.489 e. The standard InChI is InChI=1S/C24H28N4O6/c1-24(2)19(28-21-16(26)8-13(23(31)32)10-18(21)34-24)6-4-3-5-14-11-33-17-9-12(22(29)30)7-15(25)20(17)27-14/h3-4,7-10,14,19,27-28H,5-6,11,25-26H2,1-2H3,(H,29,30)(H,31,32)/b4-3+/t14-,19-/m0/s1. The Labute approximate surface area is 196 Å². The molecule has 0 amide bonds. The van der Waals surface area contributed by atoms with Crippen molar-refractivity contribution in [1.29, 1.82) is 0 Å². The lowest BCUT2D eigenvalue weighted by Gasteiger charge is -2.41. The molecule has 2 aromatic rings. The summed E-state index contributed by atoms with van der Waals surface area (Å²) >= 11 is 0. The highest BCUT2D eigenvalue weighted by atomic mass is 16.5. The second-order valence-corrected chi connectivity index (χ2v) is 8.99. The lowest BCUT2D eigenvalue weighted by molar-refractivity contribution is 0.0680. The van der Waals surface area contributed by atoms with Gasteiger partial charge in [-0.1, -0.05) is 12.2 Å². The summed E-state index contributed by atoms with van der Waals surface area (Å²) < 4.78 is 11.8. The molecule has 10 nitrogen and oxygen atoms in total. The van der Waals surface area contributed by atoms with Crippen LogP contribution in [-0.2, 0) is 0 Å². The van der Waals surface area contributed by atoms with Crippen molar-refractivity contribution in [1.82, 2.24) is 0 Å². The summed E-state index contributed by atoms with van der Waals surface area (Å²) in [6.45, 7) is 4.26. The highest BCUT2D eigenvalue weighted by molar-refractivity contribution is 5.93. The lowest BCUT2D eigenvalue weighted by Crippen LogP contribution is -2.49. The molecule has 2 aliphatic rings. The number of carbonyl (C=O) groups is 2. The molecular formula is C24H28N4O6. The fourth-order valence-electron chi connectivity index (χ4n) is 4.13. The number of fused-ring (bicyclic) bond motifs is 2. The van der Waals surface area contributed by atoms with E-state index in [9.17, 15) is 14.7 Å². The van der Waals surface area contributed by atoms with Crippen LogP contribution in [0, 0.1) is 0 Å². The molecule has 0 radical (unpaired) electrons. The Kier molecular flexibility index (Phi) is 5.90. The Hall–Kier alpha value is -4.08. The maximum atomic E-state index is 11.3. The van der Waals surface area contributed by atoms with Gasteiger partial charge in [0.15, 0.2) is 0 Å². The fraction of sp³-hybridized carbons (Fsp3) is 0.333. The summed E-state index contributed by atoms with van der Waals surface area (Å²) in [7, 11) is 0. The van der Waals surface area contributed by atoms with E-state index < -0.39 is 17.5 Å². The third-order valence-corrected chi connectivity index (χ3v) is 6.04. The average molecular weight is 469 g/mol. The van der Waals surface area contributed by atoms with Crippen LogP contribution < -0.4 is 31.6 Å². The molecule has 0 aliphatic carbocycles. The van der Waals surface area contributed by atoms with Crippen molar-refractivity contribution in [2.75, 3.05) is 28.7 Å². The van der Waals surface area contributed by atoms with Gasteiger partial charge in [0.1, 0.15) is 35.1 Å². The molecule has 34 heavy (non-hydrogen) atoms. The van der Waals surface area contributed by atoms with E-state index in [-0.39, 0.29) is 23.2 Å². The summed E-state index contributed by atoms with van der Waals surface area (Å²) in [5.41, 5.74) is 13.5. The maximum Gasteiger partial charge on any atom is 0.335 e. The SMILES string of the molecule is CC1(C)Oc2cc(C(=O)O)cc(N)c2N[C@H]1C/C=C/C[C@H]1COc2cc(C(=O)O)cc(N)c2N1. The van der Waals surface area contributed by atoms with Gasteiger partial charge in [0.2, 0.25) is 0 Å². The minimum absolute atomic E-state index is 0.0175. The van der Waals surface area contributed by atoms with Crippen molar-refractivity contribution < 1.29 is 29.3 Å².